The van der Waals surface area contributed by atoms with Crippen molar-refractivity contribution in [2.24, 2.45) is 5.73 Å². The molecule has 2 unspecified atom stereocenters. The van der Waals surface area contributed by atoms with Crippen LogP contribution < -0.4 is 27.0 Å². The van der Waals surface area contributed by atoms with E-state index in [0.717, 1.165) is 16.7 Å². The fraction of sp³-hybridized carbons (Fsp3) is 0.333. The summed E-state index contributed by atoms with van der Waals surface area (Å²) in [6.45, 7) is 3.08. The van der Waals surface area contributed by atoms with Gasteiger partial charge in [-0.2, -0.15) is 0 Å². The number of amides is 6. The molecule has 42 heavy (non-hydrogen) atoms. The number of carboxylic acid groups (broad SMARTS) is 1. The van der Waals surface area contributed by atoms with E-state index in [1.54, 1.807) is 30.3 Å². The second-order valence-electron chi connectivity index (χ2n) is 10.3. The number of carboxylic acids is 1. The number of aromatic hydroxyl groups is 1. The first-order valence-corrected chi connectivity index (χ1v) is 13.7. The number of carbonyl (C=O) groups excluding carboxylic acids is 5. The summed E-state index contributed by atoms with van der Waals surface area (Å²) in [5, 5.41) is 29.2. The van der Waals surface area contributed by atoms with Gasteiger partial charge in [0.05, 0.1) is 4.75 Å². The van der Waals surface area contributed by atoms with Crippen LogP contribution in [0.25, 0.3) is 0 Å². The third-order valence-electron chi connectivity index (χ3n) is 7.24. The fourth-order valence-electron chi connectivity index (χ4n) is 5.16. The number of urea groups is 1. The molecule has 6 amide bonds. The first-order chi connectivity index (χ1) is 19.8. The quantitative estimate of drug-likeness (QED) is 0.131. The van der Waals surface area contributed by atoms with E-state index in [0.29, 0.717) is 12.0 Å². The fourth-order valence-corrected chi connectivity index (χ4v) is 6.87. The predicted molar refractivity (Wildman–Crippen MR) is 149 cm³/mol. The van der Waals surface area contributed by atoms with E-state index >= 15 is 0 Å². The monoisotopic (exact) mass is 598 g/mol. The molecule has 222 valence electrons. The second kappa shape index (κ2) is 11.6. The van der Waals surface area contributed by atoms with Crippen LogP contribution in [-0.2, 0) is 30.4 Å². The van der Waals surface area contributed by atoms with Crippen molar-refractivity contribution in [3.05, 3.63) is 65.7 Å². The van der Waals surface area contributed by atoms with Crippen LogP contribution in [0.3, 0.4) is 0 Å². The minimum absolute atomic E-state index is 0.0251. The lowest BCUT2D eigenvalue weighted by atomic mass is 9.88. The van der Waals surface area contributed by atoms with Crippen molar-refractivity contribution in [1.82, 2.24) is 26.2 Å². The number of aliphatic carboxylic acids is 1. The van der Waals surface area contributed by atoms with Gasteiger partial charge < -0.3 is 37.2 Å². The maximum Gasteiger partial charge on any atom is 0.352 e. The number of thioether (sulfide) groups is 1. The van der Waals surface area contributed by atoms with Crippen molar-refractivity contribution in [3.63, 3.8) is 0 Å². The van der Waals surface area contributed by atoms with E-state index in [1.807, 2.05) is 0 Å². The molecule has 0 spiro atoms. The standard InChI is InChI=1S/C27H30N6O8S/c1-26(2)27(24(39)40,33-22(38)19(29-13-34)23(33)42-26)32-21(37)18(15-8-10-16(35)11-9-15)31-20(36)17(30-25(28)41)12-14-6-4-3-5-7-14/h3-11,13,17-19,23,35H,12H2,1-2H3,(H,29,34)(H,31,36)(H,32,37)(H,39,40)(H3,28,30,41)/t17?,18?,19-,23-,27+/m1/s1. The molecule has 2 heterocycles. The average Bonchev–Trinajstić information content (AvgIpc) is 3.14. The summed E-state index contributed by atoms with van der Waals surface area (Å²) in [6.07, 6.45) is 0.368. The van der Waals surface area contributed by atoms with Gasteiger partial charge in [-0.15, -0.1) is 11.8 Å². The number of phenolic OH excluding ortho intramolecular Hbond substituents is 1. The molecular formula is C27H30N6O8S. The van der Waals surface area contributed by atoms with Crippen molar-refractivity contribution in [1.29, 1.82) is 0 Å². The van der Waals surface area contributed by atoms with Gasteiger partial charge in [-0.1, -0.05) is 42.5 Å². The Kier molecular flexibility index (Phi) is 8.33. The van der Waals surface area contributed by atoms with Gasteiger partial charge in [-0.25, -0.2) is 9.59 Å². The highest BCUT2D eigenvalue weighted by Gasteiger charge is 2.74. The number of phenols is 1. The van der Waals surface area contributed by atoms with Crippen molar-refractivity contribution in [2.45, 2.75) is 54.2 Å². The molecule has 0 bridgehead atoms. The Morgan fingerprint density at radius 2 is 1.69 bits per heavy atom. The molecular weight excluding hydrogens is 568 g/mol. The number of hydrogen-bond donors (Lipinski definition) is 7. The molecule has 0 aliphatic carbocycles. The molecule has 2 fully saturated rings. The van der Waals surface area contributed by atoms with Gasteiger partial charge in [-0.3, -0.25) is 24.1 Å². The Morgan fingerprint density at radius 3 is 2.26 bits per heavy atom. The summed E-state index contributed by atoms with van der Waals surface area (Å²) in [7, 11) is 0. The number of fused-ring (bicyclic) bond motifs is 1. The van der Waals surface area contributed by atoms with Crippen LogP contribution in [0, 0.1) is 0 Å². The topological polar surface area (TPSA) is 220 Å². The molecule has 2 aromatic carbocycles. The van der Waals surface area contributed by atoms with Gasteiger partial charge in [0, 0.05) is 6.42 Å². The number of rotatable bonds is 11. The number of hydrogen-bond acceptors (Lipinski definition) is 8. The molecule has 2 aliphatic heterocycles. The molecule has 2 saturated heterocycles. The van der Waals surface area contributed by atoms with Crippen LogP contribution in [0.4, 0.5) is 4.79 Å². The summed E-state index contributed by atoms with van der Waals surface area (Å²) in [4.78, 5) is 77.0. The van der Waals surface area contributed by atoms with Crippen molar-refractivity contribution < 1.29 is 39.0 Å². The number of nitrogens with zero attached hydrogens (tertiary/aromatic N) is 1. The normalized spacial score (nSPS) is 23.4. The Labute approximate surface area is 244 Å². The van der Waals surface area contributed by atoms with Crippen LogP contribution in [-0.4, -0.2) is 79.1 Å². The van der Waals surface area contributed by atoms with E-state index in [4.69, 9.17) is 5.73 Å². The van der Waals surface area contributed by atoms with Gasteiger partial charge in [0.25, 0.3) is 5.91 Å². The number of primary amides is 1. The Morgan fingerprint density at radius 1 is 1.05 bits per heavy atom. The molecule has 15 heteroatoms. The second-order valence-corrected chi connectivity index (χ2v) is 12.0. The van der Waals surface area contributed by atoms with Crippen molar-refractivity contribution in [3.8, 4) is 5.75 Å². The van der Waals surface area contributed by atoms with Crippen LogP contribution in [0.5, 0.6) is 5.75 Å². The van der Waals surface area contributed by atoms with Gasteiger partial charge in [0.2, 0.25) is 23.9 Å². The van der Waals surface area contributed by atoms with Gasteiger partial charge in [-0.05, 0) is 37.1 Å². The highest BCUT2D eigenvalue weighted by molar-refractivity contribution is 8.01. The van der Waals surface area contributed by atoms with Crippen molar-refractivity contribution >= 4 is 47.9 Å². The maximum atomic E-state index is 13.9. The Hall–Kier alpha value is -4.79. The van der Waals surface area contributed by atoms with Crippen LogP contribution in [0.15, 0.2) is 54.6 Å². The molecule has 2 aliphatic rings. The smallest absolute Gasteiger partial charge is 0.352 e. The third-order valence-corrected chi connectivity index (χ3v) is 8.85. The highest BCUT2D eigenvalue weighted by Crippen LogP contribution is 2.55. The van der Waals surface area contributed by atoms with E-state index in [-0.39, 0.29) is 17.7 Å². The lowest BCUT2D eigenvalue weighted by Crippen LogP contribution is -2.80. The number of nitrogens with one attached hydrogen (secondary N) is 4. The predicted octanol–water partition coefficient (Wildman–Crippen LogP) is -0.465. The number of nitrogens with two attached hydrogens (primary N) is 1. The van der Waals surface area contributed by atoms with Gasteiger partial charge >= 0.3 is 12.0 Å². The Bertz CT molecular complexity index is 1410. The summed E-state index contributed by atoms with van der Waals surface area (Å²) < 4.78 is -1.29. The van der Waals surface area contributed by atoms with E-state index in [9.17, 15) is 39.0 Å². The number of carbonyl (C=O) groups is 6. The minimum Gasteiger partial charge on any atom is -0.508 e. The molecule has 4 rings (SSSR count). The third kappa shape index (κ3) is 5.42. The number of β-lactam (4-membered cyclic amide) rings is 1. The summed E-state index contributed by atoms with van der Waals surface area (Å²) >= 11 is 1.09. The van der Waals surface area contributed by atoms with Crippen LogP contribution in [0.1, 0.15) is 31.0 Å². The van der Waals surface area contributed by atoms with Crippen LogP contribution in [0.2, 0.25) is 0 Å². The van der Waals surface area contributed by atoms with E-state index < -0.39 is 63.6 Å². The minimum atomic E-state index is -2.26. The molecule has 14 nitrogen and oxygen atoms in total. The lowest BCUT2D eigenvalue weighted by Gasteiger charge is -2.49. The highest BCUT2D eigenvalue weighted by atomic mass is 32.2. The SMILES string of the molecule is CC1(C)S[C@@H]2[C@H](NC=O)C(=O)N2[C@@]1(NC(=O)C(NC(=O)C(Cc1ccccc1)NC(N)=O)c1ccc(O)cc1)C(=O)O. The molecule has 0 radical (unpaired) electrons. The van der Waals surface area contributed by atoms with Crippen LogP contribution >= 0.6 is 11.8 Å². The zero-order valence-electron chi connectivity index (χ0n) is 22.6. The Balaban J connectivity index is 1.68. The first-order valence-electron chi connectivity index (χ1n) is 12.8. The van der Waals surface area contributed by atoms with Gasteiger partial charge in [0.15, 0.2) is 0 Å². The summed E-state index contributed by atoms with van der Waals surface area (Å²) in [5.74, 6) is -4.14. The molecule has 2 aromatic rings. The zero-order valence-corrected chi connectivity index (χ0v) is 23.4. The largest absolute Gasteiger partial charge is 0.508 e. The molecule has 8 N–H and O–H groups in total. The first kappa shape index (κ1) is 30.2. The van der Waals surface area contributed by atoms with E-state index in [2.05, 4.69) is 21.3 Å². The molecule has 0 aromatic heterocycles. The lowest BCUT2D eigenvalue weighted by molar-refractivity contribution is -0.176. The van der Waals surface area contributed by atoms with E-state index in [1.165, 1.54) is 38.1 Å². The summed E-state index contributed by atoms with van der Waals surface area (Å²) in [5.41, 5.74) is 3.91. The average molecular weight is 599 g/mol. The van der Waals surface area contributed by atoms with Crippen molar-refractivity contribution in [2.75, 3.05) is 0 Å². The molecule has 5 atom stereocenters. The van der Waals surface area contributed by atoms with Gasteiger partial charge in [0.1, 0.15) is 29.2 Å². The maximum absolute atomic E-state index is 13.9. The molecule has 0 saturated carbocycles. The zero-order chi connectivity index (χ0) is 30.8. The summed E-state index contributed by atoms with van der Waals surface area (Å²) in [6, 6.07) is 9.31. The number of benzene rings is 2.